The normalized spacial score (nSPS) is 13.7. The molecule has 1 aliphatic carbocycles. The molecule has 3 aromatic rings. The molecule has 1 aromatic carbocycles. The van der Waals surface area contributed by atoms with Crippen molar-refractivity contribution in [2.75, 3.05) is 5.32 Å². The largest absolute Gasteiger partial charge is 0.483 e. The average molecular weight is 424 g/mol. The lowest BCUT2D eigenvalue weighted by atomic mass is 9.96. The summed E-state index contributed by atoms with van der Waals surface area (Å²) in [7, 11) is 0. The molecule has 8 heteroatoms. The molecule has 1 saturated carbocycles. The molecule has 162 valence electrons. The Morgan fingerprint density at radius 3 is 2.65 bits per heavy atom. The van der Waals surface area contributed by atoms with Crippen molar-refractivity contribution in [3.63, 3.8) is 0 Å². The molecule has 0 aliphatic heterocycles. The summed E-state index contributed by atoms with van der Waals surface area (Å²) in [6.45, 7) is 1.62. The first-order valence-corrected chi connectivity index (χ1v) is 10.2. The van der Waals surface area contributed by atoms with Crippen LogP contribution in [-0.4, -0.2) is 32.2 Å². The molecule has 0 amide bonds. The van der Waals surface area contributed by atoms with Gasteiger partial charge in [0.15, 0.2) is 5.82 Å². The zero-order valence-electron chi connectivity index (χ0n) is 17.3. The van der Waals surface area contributed by atoms with Crippen LogP contribution in [0.2, 0.25) is 0 Å². The van der Waals surface area contributed by atoms with Crippen molar-refractivity contribution in [3.05, 3.63) is 70.5 Å². The number of carboxylic acid groups (broad SMARTS) is 1. The van der Waals surface area contributed by atoms with E-state index in [4.69, 9.17) is 9.90 Å². The smallest absolute Gasteiger partial charge is 0.290 e. The van der Waals surface area contributed by atoms with Crippen LogP contribution < -0.4 is 10.9 Å². The van der Waals surface area contributed by atoms with Crippen LogP contribution in [0.4, 0.5) is 10.3 Å². The molecule has 1 aliphatic rings. The standard InChI is InChI=1S/C22H23FN4O.CH2O2/c1-15-10-11-27(20(28)12-15)18-9-5-6-16(13-18)21-19(23)14-24-22(26-21)25-17-7-3-2-4-8-17;2-1-3/h5-6,9-14,17H,2-4,7-8H2,1H3,(H,24,25,26);1H,(H,2,3). The number of carbonyl (C=O) groups is 1. The summed E-state index contributed by atoms with van der Waals surface area (Å²) >= 11 is 0. The Morgan fingerprint density at radius 1 is 1.19 bits per heavy atom. The van der Waals surface area contributed by atoms with E-state index in [1.165, 1.54) is 30.0 Å². The maximum atomic E-state index is 14.5. The molecule has 0 bridgehead atoms. The number of nitrogens with one attached hydrogen (secondary N) is 1. The van der Waals surface area contributed by atoms with Gasteiger partial charge in [0.25, 0.3) is 12.0 Å². The molecule has 7 nitrogen and oxygen atoms in total. The van der Waals surface area contributed by atoms with E-state index in [1.807, 2.05) is 19.1 Å². The zero-order valence-corrected chi connectivity index (χ0v) is 17.3. The predicted octanol–water partition coefficient (Wildman–Crippen LogP) is 4.19. The number of hydrogen-bond acceptors (Lipinski definition) is 5. The van der Waals surface area contributed by atoms with Gasteiger partial charge in [-0.1, -0.05) is 31.4 Å². The molecule has 0 saturated heterocycles. The van der Waals surface area contributed by atoms with E-state index in [0.29, 0.717) is 23.2 Å². The highest BCUT2D eigenvalue weighted by atomic mass is 19.1. The van der Waals surface area contributed by atoms with E-state index >= 15 is 0 Å². The third-order valence-corrected chi connectivity index (χ3v) is 5.16. The van der Waals surface area contributed by atoms with Crippen LogP contribution in [0.3, 0.4) is 0 Å². The van der Waals surface area contributed by atoms with E-state index in [1.54, 1.807) is 30.5 Å². The van der Waals surface area contributed by atoms with Crippen molar-refractivity contribution in [1.82, 2.24) is 14.5 Å². The van der Waals surface area contributed by atoms with Gasteiger partial charge in [-0.3, -0.25) is 14.2 Å². The van der Waals surface area contributed by atoms with Gasteiger partial charge < -0.3 is 10.4 Å². The lowest BCUT2D eigenvalue weighted by molar-refractivity contribution is -0.122. The minimum atomic E-state index is -0.484. The van der Waals surface area contributed by atoms with E-state index in [9.17, 15) is 9.18 Å². The van der Waals surface area contributed by atoms with Gasteiger partial charge >= 0.3 is 0 Å². The van der Waals surface area contributed by atoms with Crippen molar-refractivity contribution < 1.29 is 14.3 Å². The van der Waals surface area contributed by atoms with E-state index < -0.39 is 5.82 Å². The third kappa shape index (κ3) is 5.75. The number of hydrogen-bond donors (Lipinski definition) is 2. The lowest BCUT2D eigenvalue weighted by Crippen LogP contribution is -2.23. The number of anilines is 1. The first-order chi connectivity index (χ1) is 15.0. The second kappa shape index (κ2) is 10.5. The maximum absolute atomic E-state index is 14.5. The Kier molecular flexibility index (Phi) is 7.48. The summed E-state index contributed by atoms with van der Waals surface area (Å²) in [6, 6.07) is 11.0. The molecule has 2 aromatic heterocycles. The predicted molar refractivity (Wildman–Crippen MR) is 117 cm³/mol. The number of aromatic nitrogens is 3. The van der Waals surface area contributed by atoms with Crippen LogP contribution in [0.25, 0.3) is 16.9 Å². The summed E-state index contributed by atoms with van der Waals surface area (Å²) < 4.78 is 16.0. The Labute approximate surface area is 179 Å². The fourth-order valence-corrected chi connectivity index (χ4v) is 3.66. The Bertz CT molecular complexity index is 1090. The van der Waals surface area contributed by atoms with Crippen molar-refractivity contribution in [2.45, 2.75) is 45.1 Å². The highest BCUT2D eigenvalue weighted by Gasteiger charge is 2.16. The molecule has 31 heavy (non-hydrogen) atoms. The van der Waals surface area contributed by atoms with Crippen LogP contribution in [-0.2, 0) is 4.79 Å². The van der Waals surface area contributed by atoms with Crippen molar-refractivity contribution >= 4 is 12.4 Å². The molecule has 2 heterocycles. The minimum absolute atomic E-state index is 0.125. The van der Waals surface area contributed by atoms with E-state index in [0.717, 1.165) is 18.4 Å². The van der Waals surface area contributed by atoms with Crippen LogP contribution >= 0.6 is 0 Å². The van der Waals surface area contributed by atoms with Gasteiger partial charge in [0.2, 0.25) is 5.95 Å². The first-order valence-electron chi connectivity index (χ1n) is 10.2. The molecular formula is C23H25FN4O3. The van der Waals surface area contributed by atoms with E-state index in [-0.39, 0.29) is 17.7 Å². The van der Waals surface area contributed by atoms with Gasteiger partial charge in [-0.25, -0.2) is 14.4 Å². The summed E-state index contributed by atoms with van der Waals surface area (Å²) in [5.41, 5.74) is 2.28. The Hall–Kier alpha value is -3.55. The number of rotatable bonds is 4. The average Bonchev–Trinajstić information content (AvgIpc) is 2.76. The van der Waals surface area contributed by atoms with Gasteiger partial charge in [-0.15, -0.1) is 0 Å². The van der Waals surface area contributed by atoms with Gasteiger partial charge in [-0.05, 0) is 43.5 Å². The van der Waals surface area contributed by atoms with Crippen molar-refractivity contribution in [3.8, 4) is 16.9 Å². The number of nitrogens with zero attached hydrogens (tertiary/aromatic N) is 3. The monoisotopic (exact) mass is 424 g/mol. The maximum Gasteiger partial charge on any atom is 0.290 e. The van der Waals surface area contributed by atoms with Crippen LogP contribution in [0.5, 0.6) is 0 Å². The summed E-state index contributed by atoms with van der Waals surface area (Å²) in [5.74, 6) is -0.0381. The number of halogens is 1. The molecule has 0 unspecified atom stereocenters. The number of benzene rings is 1. The van der Waals surface area contributed by atoms with Gasteiger partial charge in [-0.2, -0.15) is 0 Å². The summed E-state index contributed by atoms with van der Waals surface area (Å²) in [5, 5.41) is 10.2. The Balaban J connectivity index is 0.000000858. The fourth-order valence-electron chi connectivity index (χ4n) is 3.66. The second-order valence-electron chi connectivity index (χ2n) is 7.44. The molecule has 2 N–H and O–H groups in total. The van der Waals surface area contributed by atoms with Gasteiger partial charge in [0.1, 0.15) is 5.69 Å². The molecular weight excluding hydrogens is 399 g/mol. The van der Waals surface area contributed by atoms with Crippen LogP contribution in [0.1, 0.15) is 37.7 Å². The van der Waals surface area contributed by atoms with Crippen LogP contribution in [0, 0.1) is 12.7 Å². The fraction of sp³-hybridized carbons (Fsp3) is 0.304. The number of aryl methyl sites for hydroxylation is 1. The topological polar surface area (TPSA) is 97.1 Å². The molecule has 0 radical (unpaired) electrons. The lowest BCUT2D eigenvalue weighted by Gasteiger charge is -2.22. The minimum Gasteiger partial charge on any atom is -0.483 e. The molecule has 1 fully saturated rings. The quantitative estimate of drug-likeness (QED) is 0.610. The van der Waals surface area contributed by atoms with Gasteiger partial charge in [0.05, 0.1) is 6.20 Å². The SMILES string of the molecule is Cc1ccn(-c2cccc(-c3nc(NC4CCCCC4)ncc3F)c2)c(=O)c1.O=CO. The summed E-state index contributed by atoms with van der Waals surface area (Å²) in [6.07, 6.45) is 8.75. The van der Waals surface area contributed by atoms with Crippen molar-refractivity contribution in [1.29, 1.82) is 0 Å². The van der Waals surface area contributed by atoms with Crippen molar-refractivity contribution in [2.24, 2.45) is 0 Å². The molecule has 0 atom stereocenters. The highest BCUT2D eigenvalue weighted by molar-refractivity contribution is 5.63. The zero-order chi connectivity index (χ0) is 22.2. The highest BCUT2D eigenvalue weighted by Crippen LogP contribution is 2.25. The Morgan fingerprint density at radius 2 is 1.94 bits per heavy atom. The molecule has 4 rings (SSSR count). The first kappa shape index (κ1) is 22.1. The van der Waals surface area contributed by atoms with E-state index in [2.05, 4.69) is 15.3 Å². The molecule has 0 spiro atoms. The second-order valence-corrected chi connectivity index (χ2v) is 7.44. The number of pyridine rings is 1. The third-order valence-electron chi connectivity index (χ3n) is 5.16. The van der Waals surface area contributed by atoms with Crippen LogP contribution in [0.15, 0.2) is 53.6 Å². The summed E-state index contributed by atoms with van der Waals surface area (Å²) in [4.78, 5) is 29.2. The van der Waals surface area contributed by atoms with Gasteiger partial charge in [0, 0.05) is 29.6 Å².